The molecule has 0 fully saturated rings. The normalized spacial score (nSPS) is 13.5. The molecule has 0 aliphatic rings. The molecular weight excluding hydrogens is 184 g/mol. The Kier molecular flexibility index (Phi) is 5.49. The van der Waals surface area contributed by atoms with Gasteiger partial charge in [-0.15, -0.1) is 0 Å². The minimum absolute atomic E-state index is 0.204. The zero-order chi connectivity index (χ0) is 11.2. The van der Waals surface area contributed by atoms with E-state index in [2.05, 4.69) is 5.32 Å². The van der Waals surface area contributed by atoms with Crippen molar-refractivity contribution in [3.63, 3.8) is 0 Å². The van der Waals surface area contributed by atoms with E-state index in [0.29, 0.717) is 13.0 Å². The average Bonchev–Trinajstić information content (AvgIpc) is 2.00. The van der Waals surface area contributed by atoms with Crippen LogP contribution < -0.4 is 11.1 Å². The zero-order valence-corrected chi connectivity index (χ0v) is 9.04. The summed E-state index contributed by atoms with van der Waals surface area (Å²) in [6.07, 6.45) is -0.595. The molecule has 14 heavy (non-hydrogen) atoms. The highest BCUT2D eigenvalue weighted by molar-refractivity contribution is 5.67. The molecule has 0 saturated carbocycles. The van der Waals surface area contributed by atoms with Gasteiger partial charge < -0.3 is 20.9 Å². The topological polar surface area (TPSA) is 84.6 Å². The maximum absolute atomic E-state index is 11.1. The van der Waals surface area contributed by atoms with Crippen molar-refractivity contribution in [1.29, 1.82) is 0 Å². The third-order valence-electron chi connectivity index (χ3n) is 1.42. The van der Waals surface area contributed by atoms with Gasteiger partial charge in [0.2, 0.25) is 0 Å². The Bertz CT molecular complexity index is 177. The van der Waals surface area contributed by atoms with Crippen LogP contribution in [0.4, 0.5) is 4.79 Å². The highest BCUT2D eigenvalue weighted by atomic mass is 16.6. The summed E-state index contributed by atoms with van der Waals surface area (Å²) in [6, 6.07) is 0. The molecular formula is C9H20N2O3. The lowest BCUT2D eigenvalue weighted by Gasteiger charge is -2.19. The van der Waals surface area contributed by atoms with Crippen molar-refractivity contribution in [2.24, 2.45) is 5.73 Å². The molecule has 0 aromatic rings. The third kappa shape index (κ3) is 7.82. The monoisotopic (exact) mass is 204 g/mol. The van der Waals surface area contributed by atoms with Gasteiger partial charge in [0.25, 0.3) is 0 Å². The number of ether oxygens (including phenoxy) is 1. The third-order valence-corrected chi connectivity index (χ3v) is 1.42. The van der Waals surface area contributed by atoms with Crippen molar-refractivity contribution in [3.05, 3.63) is 0 Å². The summed E-state index contributed by atoms with van der Waals surface area (Å²) >= 11 is 0. The first-order chi connectivity index (χ1) is 6.35. The van der Waals surface area contributed by atoms with Crippen LogP contribution >= 0.6 is 0 Å². The van der Waals surface area contributed by atoms with Crippen molar-refractivity contribution in [3.8, 4) is 0 Å². The van der Waals surface area contributed by atoms with Crippen LogP contribution in [-0.4, -0.2) is 36.0 Å². The molecule has 5 heteroatoms. The molecule has 0 aliphatic carbocycles. The Labute approximate surface area is 84.6 Å². The summed E-state index contributed by atoms with van der Waals surface area (Å²) in [7, 11) is 0. The molecule has 1 amide bonds. The second-order valence-electron chi connectivity index (χ2n) is 4.11. The van der Waals surface area contributed by atoms with Crippen LogP contribution in [0.25, 0.3) is 0 Å². The van der Waals surface area contributed by atoms with E-state index in [-0.39, 0.29) is 6.54 Å². The number of aliphatic hydroxyl groups excluding tert-OH is 1. The highest BCUT2D eigenvalue weighted by Crippen LogP contribution is 2.06. The van der Waals surface area contributed by atoms with E-state index in [1.165, 1.54) is 0 Å². The van der Waals surface area contributed by atoms with Gasteiger partial charge in [0.15, 0.2) is 0 Å². The van der Waals surface area contributed by atoms with Crippen LogP contribution in [0.2, 0.25) is 0 Å². The Morgan fingerprint density at radius 1 is 1.57 bits per heavy atom. The summed E-state index contributed by atoms with van der Waals surface area (Å²) < 4.78 is 4.99. The number of nitrogens with one attached hydrogen (secondary N) is 1. The number of rotatable bonds is 4. The Hall–Kier alpha value is -0.810. The smallest absolute Gasteiger partial charge is 0.407 e. The van der Waals surface area contributed by atoms with E-state index in [4.69, 9.17) is 15.6 Å². The number of hydrogen-bond acceptors (Lipinski definition) is 4. The van der Waals surface area contributed by atoms with Crippen molar-refractivity contribution < 1.29 is 14.6 Å². The number of carbonyl (C=O) groups is 1. The fourth-order valence-corrected chi connectivity index (χ4v) is 0.773. The number of aliphatic hydroxyl groups is 1. The Morgan fingerprint density at radius 3 is 2.57 bits per heavy atom. The second-order valence-corrected chi connectivity index (χ2v) is 4.11. The predicted molar refractivity (Wildman–Crippen MR) is 53.9 cm³/mol. The molecule has 0 aromatic heterocycles. The van der Waals surface area contributed by atoms with Crippen molar-refractivity contribution in [1.82, 2.24) is 5.32 Å². The van der Waals surface area contributed by atoms with Crippen LogP contribution in [0.15, 0.2) is 0 Å². The molecule has 0 spiro atoms. The van der Waals surface area contributed by atoms with Crippen molar-refractivity contribution >= 4 is 6.09 Å². The molecule has 0 saturated heterocycles. The van der Waals surface area contributed by atoms with Crippen LogP contribution in [0.5, 0.6) is 0 Å². The molecule has 0 rings (SSSR count). The molecule has 0 aliphatic heterocycles. The van der Waals surface area contributed by atoms with Crippen LogP contribution in [0, 0.1) is 0 Å². The lowest BCUT2D eigenvalue weighted by molar-refractivity contribution is 0.0519. The van der Waals surface area contributed by atoms with Gasteiger partial charge >= 0.3 is 6.09 Å². The standard InChI is InChI=1S/C9H20N2O3/c1-9(2,3)14-8(13)11-5-4-7(12)6-10/h7,12H,4-6,10H2,1-3H3,(H,11,13)/t7-/m1/s1. The molecule has 0 bridgehead atoms. The van der Waals surface area contributed by atoms with Gasteiger partial charge in [0, 0.05) is 13.1 Å². The van der Waals surface area contributed by atoms with Gasteiger partial charge in [-0.3, -0.25) is 0 Å². The number of hydrogen-bond donors (Lipinski definition) is 3. The molecule has 84 valence electrons. The maximum atomic E-state index is 11.1. The van der Waals surface area contributed by atoms with Crippen molar-refractivity contribution in [2.45, 2.75) is 38.9 Å². The molecule has 0 radical (unpaired) electrons. The molecule has 0 heterocycles. The van der Waals surface area contributed by atoms with Crippen LogP contribution in [0.1, 0.15) is 27.2 Å². The van der Waals surface area contributed by atoms with Gasteiger partial charge in [-0.1, -0.05) is 0 Å². The number of carbonyl (C=O) groups excluding carboxylic acids is 1. The second kappa shape index (κ2) is 5.82. The first-order valence-corrected chi connectivity index (χ1v) is 4.70. The lowest BCUT2D eigenvalue weighted by atomic mass is 10.2. The van der Waals surface area contributed by atoms with Gasteiger partial charge in [0.1, 0.15) is 5.60 Å². The summed E-state index contributed by atoms with van der Waals surface area (Å²) in [5.74, 6) is 0. The predicted octanol–water partition coefficient (Wildman–Crippen LogP) is 0.221. The average molecular weight is 204 g/mol. The maximum Gasteiger partial charge on any atom is 0.407 e. The fourth-order valence-electron chi connectivity index (χ4n) is 0.773. The van der Waals surface area contributed by atoms with E-state index in [1.54, 1.807) is 20.8 Å². The summed E-state index contributed by atoms with van der Waals surface area (Å²) in [5, 5.41) is 11.6. The lowest BCUT2D eigenvalue weighted by Crippen LogP contribution is -2.34. The fraction of sp³-hybridized carbons (Fsp3) is 0.889. The summed E-state index contributed by atoms with van der Waals surface area (Å²) in [4.78, 5) is 11.1. The molecule has 0 unspecified atom stereocenters. The number of nitrogens with two attached hydrogens (primary N) is 1. The summed E-state index contributed by atoms with van der Waals surface area (Å²) in [6.45, 7) is 5.95. The molecule has 1 atom stereocenters. The highest BCUT2D eigenvalue weighted by Gasteiger charge is 2.15. The zero-order valence-electron chi connectivity index (χ0n) is 9.04. The SMILES string of the molecule is CC(C)(C)OC(=O)NCC[C@@H](O)CN. The molecule has 4 N–H and O–H groups in total. The van der Waals surface area contributed by atoms with Gasteiger partial charge in [-0.2, -0.15) is 0 Å². The Balaban J connectivity index is 3.55. The van der Waals surface area contributed by atoms with Crippen LogP contribution in [-0.2, 0) is 4.74 Å². The van der Waals surface area contributed by atoms with E-state index in [1.807, 2.05) is 0 Å². The van der Waals surface area contributed by atoms with Gasteiger partial charge in [-0.05, 0) is 27.2 Å². The van der Waals surface area contributed by atoms with Gasteiger partial charge in [0.05, 0.1) is 6.10 Å². The van der Waals surface area contributed by atoms with E-state index < -0.39 is 17.8 Å². The molecule has 0 aromatic carbocycles. The van der Waals surface area contributed by atoms with E-state index >= 15 is 0 Å². The van der Waals surface area contributed by atoms with Crippen molar-refractivity contribution in [2.75, 3.05) is 13.1 Å². The first kappa shape index (κ1) is 13.2. The van der Waals surface area contributed by atoms with E-state index in [9.17, 15) is 4.79 Å². The minimum Gasteiger partial charge on any atom is -0.444 e. The number of alkyl carbamates (subject to hydrolysis) is 1. The Morgan fingerprint density at radius 2 is 2.14 bits per heavy atom. The minimum atomic E-state index is -0.565. The van der Waals surface area contributed by atoms with Gasteiger partial charge in [-0.25, -0.2) is 4.79 Å². The first-order valence-electron chi connectivity index (χ1n) is 4.70. The quantitative estimate of drug-likeness (QED) is 0.611. The van der Waals surface area contributed by atoms with Crippen LogP contribution in [0.3, 0.4) is 0 Å². The molecule has 5 nitrogen and oxygen atoms in total. The number of amides is 1. The van der Waals surface area contributed by atoms with E-state index in [0.717, 1.165) is 0 Å². The summed E-state index contributed by atoms with van der Waals surface area (Å²) in [5.41, 5.74) is 4.71. The largest absolute Gasteiger partial charge is 0.444 e.